The van der Waals surface area contributed by atoms with E-state index in [-0.39, 0.29) is 23.8 Å². The lowest BCUT2D eigenvalue weighted by atomic mass is 9.91. The zero-order valence-electron chi connectivity index (χ0n) is 15.2. The van der Waals surface area contributed by atoms with E-state index in [1.165, 1.54) is 0 Å². The fraction of sp³-hybridized carbons (Fsp3) is 0.722. The van der Waals surface area contributed by atoms with E-state index in [0.29, 0.717) is 42.9 Å². The molecule has 1 aromatic heterocycles. The Morgan fingerprint density at radius 2 is 2.00 bits per heavy atom. The fourth-order valence-corrected chi connectivity index (χ4v) is 3.28. The second kappa shape index (κ2) is 7.99. The number of allylic oxidation sites excluding steroid dienone is 1. The largest absolute Gasteiger partial charge is 0.498 e. The van der Waals surface area contributed by atoms with Gasteiger partial charge in [0.05, 0.1) is 12.2 Å². The van der Waals surface area contributed by atoms with Gasteiger partial charge in [-0.1, -0.05) is 19.0 Å². The fourth-order valence-electron chi connectivity index (χ4n) is 3.28. The van der Waals surface area contributed by atoms with Crippen molar-refractivity contribution in [3.8, 4) is 0 Å². The van der Waals surface area contributed by atoms with Crippen molar-refractivity contribution in [1.29, 1.82) is 0 Å². The van der Waals surface area contributed by atoms with Gasteiger partial charge >= 0.3 is 0 Å². The van der Waals surface area contributed by atoms with Crippen LogP contribution in [0.25, 0.3) is 0 Å². The third-order valence-electron chi connectivity index (χ3n) is 4.85. The van der Waals surface area contributed by atoms with Gasteiger partial charge in [0.15, 0.2) is 5.82 Å². The quantitative estimate of drug-likeness (QED) is 0.879. The van der Waals surface area contributed by atoms with Gasteiger partial charge in [0, 0.05) is 19.1 Å². The molecule has 25 heavy (non-hydrogen) atoms. The predicted octanol–water partition coefficient (Wildman–Crippen LogP) is 2.86. The van der Waals surface area contributed by atoms with Crippen LogP contribution in [-0.2, 0) is 14.3 Å². The monoisotopic (exact) mass is 349 g/mol. The van der Waals surface area contributed by atoms with Crippen LogP contribution in [0.2, 0.25) is 0 Å². The number of carbonyl (C=O) groups excluding carboxylic acids is 1. The predicted molar refractivity (Wildman–Crippen MR) is 90.7 cm³/mol. The number of carbonyl (C=O) groups is 1. The molecule has 1 aromatic rings. The zero-order chi connectivity index (χ0) is 17.8. The Balaban J connectivity index is 1.81. The molecule has 7 nitrogen and oxygen atoms in total. The van der Waals surface area contributed by atoms with Gasteiger partial charge in [-0.3, -0.25) is 4.79 Å². The number of hydrogen-bond acceptors (Lipinski definition) is 6. The van der Waals surface area contributed by atoms with Crippen LogP contribution in [0, 0.1) is 5.92 Å². The van der Waals surface area contributed by atoms with Gasteiger partial charge in [0.25, 0.3) is 5.91 Å². The second-order valence-electron chi connectivity index (χ2n) is 7.03. The summed E-state index contributed by atoms with van der Waals surface area (Å²) in [5, 5.41) is 7.19. The van der Waals surface area contributed by atoms with Crippen LogP contribution in [0.1, 0.15) is 70.1 Å². The van der Waals surface area contributed by atoms with Crippen molar-refractivity contribution in [2.24, 2.45) is 5.92 Å². The lowest BCUT2D eigenvalue weighted by Gasteiger charge is -2.29. The van der Waals surface area contributed by atoms with E-state index < -0.39 is 0 Å². The molecule has 1 fully saturated rings. The Morgan fingerprint density at radius 3 is 2.64 bits per heavy atom. The van der Waals surface area contributed by atoms with Crippen molar-refractivity contribution in [2.45, 2.75) is 58.4 Å². The van der Waals surface area contributed by atoms with Gasteiger partial charge in [0.2, 0.25) is 5.89 Å². The molecule has 0 bridgehead atoms. The highest BCUT2D eigenvalue weighted by molar-refractivity contribution is 5.94. The molecule has 2 aliphatic heterocycles. The van der Waals surface area contributed by atoms with Gasteiger partial charge in [-0.25, -0.2) is 0 Å². The maximum absolute atomic E-state index is 12.8. The normalized spacial score (nSPS) is 20.5. The Labute approximate surface area is 148 Å². The molecular formula is C18H27N3O4. The molecule has 0 aliphatic carbocycles. The topological polar surface area (TPSA) is 86.5 Å². The Bertz CT molecular complexity index is 632. The van der Waals surface area contributed by atoms with Crippen LogP contribution in [0.5, 0.6) is 0 Å². The second-order valence-corrected chi connectivity index (χ2v) is 7.03. The standard InChI is InChI=1S/C18H27N3O4/c1-11(2)16-20-18(25-21-16)15(13-6-9-23-10-7-13)19-17(22)14-5-4-8-24-12(14)3/h11,13,15H,4-10H2,1-3H3,(H,19,22). The van der Waals surface area contributed by atoms with Gasteiger partial charge < -0.3 is 19.3 Å². The van der Waals surface area contributed by atoms with Crippen molar-refractivity contribution in [3.63, 3.8) is 0 Å². The van der Waals surface area contributed by atoms with E-state index in [0.717, 1.165) is 25.7 Å². The third kappa shape index (κ3) is 4.21. The van der Waals surface area contributed by atoms with Crippen molar-refractivity contribution in [3.05, 3.63) is 23.0 Å². The summed E-state index contributed by atoms with van der Waals surface area (Å²) in [6, 6.07) is -0.293. The van der Waals surface area contributed by atoms with Crippen LogP contribution in [0.4, 0.5) is 0 Å². The average molecular weight is 349 g/mol. The van der Waals surface area contributed by atoms with Crippen molar-refractivity contribution in [2.75, 3.05) is 19.8 Å². The van der Waals surface area contributed by atoms with Gasteiger partial charge in [0.1, 0.15) is 11.8 Å². The summed E-state index contributed by atoms with van der Waals surface area (Å²) < 4.78 is 16.5. The number of amides is 1. The van der Waals surface area contributed by atoms with E-state index in [9.17, 15) is 4.79 Å². The lowest BCUT2D eigenvalue weighted by Crippen LogP contribution is -2.37. The lowest BCUT2D eigenvalue weighted by molar-refractivity contribution is -0.119. The Morgan fingerprint density at radius 1 is 1.24 bits per heavy atom. The molecule has 3 heterocycles. The first kappa shape index (κ1) is 17.9. The third-order valence-corrected chi connectivity index (χ3v) is 4.85. The summed E-state index contributed by atoms with van der Waals surface area (Å²) in [7, 11) is 0. The molecule has 0 spiro atoms. The molecule has 1 N–H and O–H groups in total. The Kier molecular flexibility index (Phi) is 5.73. The molecule has 0 radical (unpaired) electrons. The molecule has 138 valence electrons. The summed E-state index contributed by atoms with van der Waals surface area (Å²) in [6.07, 6.45) is 3.32. The van der Waals surface area contributed by atoms with Gasteiger partial charge in [-0.2, -0.15) is 4.98 Å². The molecule has 0 aromatic carbocycles. The minimum Gasteiger partial charge on any atom is -0.498 e. The van der Waals surface area contributed by atoms with Crippen molar-refractivity contribution in [1.82, 2.24) is 15.5 Å². The van der Waals surface area contributed by atoms with Crippen LogP contribution in [0.3, 0.4) is 0 Å². The zero-order valence-corrected chi connectivity index (χ0v) is 15.2. The number of nitrogens with zero attached hydrogens (tertiary/aromatic N) is 2. The Hall–Kier alpha value is -1.89. The van der Waals surface area contributed by atoms with E-state index in [4.69, 9.17) is 14.0 Å². The van der Waals surface area contributed by atoms with Gasteiger partial charge in [-0.15, -0.1) is 0 Å². The number of nitrogens with one attached hydrogen (secondary N) is 1. The highest BCUT2D eigenvalue weighted by atomic mass is 16.5. The summed E-state index contributed by atoms with van der Waals surface area (Å²) in [5.74, 6) is 2.17. The first-order chi connectivity index (χ1) is 12.1. The minimum atomic E-state index is -0.293. The van der Waals surface area contributed by atoms with Crippen molar-refractivity contribution >= 4 is 5.91 Å². The molecule has 7 heteroatoms. The smallest absolute Gasteiger partial charge is 0.251 e. The minimum absolute atomic E-state index is 0.0991. The molecule has 0 saturated carbocycles. The highest BCUT2D eigenvalue weighted by Gasteiger charge is 2.33. The highest BCUT2D eigenvalue weighted by Crippen LogP contribution is 2.31. The van der Waals surface area contributed by atoms with E-state index >= 15 is 0 Å². The molecule has 1 saturated heterocycles. The van der Waals surface area contributed by atoms with Crippen LogP contribution < -0.4 is 5.32 Å². The molecule has 2 aliphatic rings. The van der Waals surface area contributed by atoms with Crippen LogP contribution in [0.15, 0.2) is 15.9 Å². The number of aromatic nitrogens is 2. The maximum Gasteiger partial charge on any atom is 0.251 e. The average Bonchev–Trinajstić information content (AvgIpc) is 3.11. The summed E-state index contributed by atoms with van der Waals surface area (Å²) in [4.78, 5) is 17.3. The molecule has 1 amide bonds. The van der Waals surface area contributed by atoms with E-state index in [1.54, 1.807) is 0 Å². The maximum atomic E-state index is 12.8. The summed E-state index contributed by atoms with van der Waals surface area (Å²) >= 11 is 0. The molecule has 1 unspecified atom stereocenters. The number of hydrogen-bond donors (Lipinski definition) is 1. The van der Waals surface area contributed by atoms with Crippen LogP contribution >= 0.6 is 0 Å². The van der Waals surface area contributed by atoms with Crippen molar-refractivity contribution < 1.29 is 18.8 Å². The van der Waals surface area contributed by atoms with Crippen LogP contribution in [-0.4, -0.2) is 35.9 Å². The van der Waals surface area contributed by atoms with E-state index in [1.807, 2.05) is 20.8 Å². The number of rotatable bonds is 5. The SMILES string of the molecule is CC1=C(C(=O)NC(c2nc(C(C)C)no2)C2CCOCC2)CCCO1. The summed E-state index contributed by atoms with van der Waals surface area (Å²) in [5.41, 5.74) is 0.715. The first-order valence-corrected chi connectivity index (χ1v) is 9.11. The number of ether oxygens (including phenoxy) is 2. The first-order valence-electron chi connectivity index (χ1n) is 9.11. The summed E-state index contributed by atoms with van der Waals surface area (Å²) in [6.45, 7) is 7.93. The molecule has 1 atom stereocenters. The van der Waals surface area contributed by atoms with E-state index in [2.05, 4.69) is 15.5 Å². The van der Waals surface area contributed by atoms with Gasteiger partial charge in [-0.05, 0) is 38.5 Å². The molecule has 3 rings (SSSR count). The molecular weight excluding hydrogens is 322 g/mol.